The van der Waals surface area contributed by atoms with Gasteiger partial charge in [0.1, 0.15) is 5.69 Å². The SMILES string of the molecule is CCNc1c(CO)cccc1[N+](=O)[O-]. The summed E-state index contributed by atoms with van der Waals surface area (Å²) in [5.74, 6) is 0. The monoisotopic (exact) mass is 196 g/mol. The van der Waals surface area contributed by atoms with Crippen LogP contribution in [0.3, 0.4) is 0 Å². The molecular weight excluding hydrogens is 184 g/mol. The van der Waals surface area contributed by atoms with Crippen LogP contribution in [0.1, 0.15) is 12.5 Å². The van der Waals surface area contributed by atoms with Gasteiger partial charge in [0.05, 0.1) is 11.5 Å². The molecule has 0 aromatic heterocycles. The lowest BCUT2D eigenvalue weighted by molar-refractivity contribution is -0.384. The molecule has 2 N–H and O–H groups in total. The summed E-state index contributed by atoms with van der Waals surface area (Å²) in [6.45, 7) is 2.22. The summed E-state index contributed by atoms with van der Waals surface area (Å²) in [7, 11) is 0. The van der Waals surface area contributed by atoms with Crippen molar-refractivity contribution in [1.29, 1.82) is 0 Å². The zero-order valence-corrected chi connectivity index (χ0v) is 7.86. The normalized spacial score (nSPS) is 9.86. The van der Waals surface area contributed by atoms with Crippen LogP contribution in [0, 0.1) is 10.1 Å². The third kappa shape index (κ3) is 2.00. The van der Waals surface area contributed by atoms with Gasteiger partial charge in [-0.2, -0.15) is 0 Å². The van der Waals surface area contributed by atoms with Gasteiger partial charge in [-0.3, -0.25) is 10.1 Å². The van der Waals surface area contributed by atoms with E-state index in [-0.39, 0.29) is 12.3 Å². The predicted octanol–water partition coefficient (Wildman–Crippen LogP) is 1.52. The molecule has 76 valence electrons. The Hall–Kier alpha value is -1.62. The highest BCUT2D eigenvalue weighted by molar-refractivity contribution is 5.66. The van der Waals surface area contributed by atoms with E-state index in [4.69, 9.17) is 5.11 Å². The first kappa shape index (κ1) is 10.5. The first-order valence-electron chi connectivity index (χ1n) is 4.31. The van der Waals surface area contributed by atoms with Gasteiger partial charge in [-0.25, -0.2) is 0 Å². The number of nitrogens with zero attached hydrogens (tertiary/aromatic N) is 1. The molecule has 1 aromatic rings. The second-order valence-electron chi connectivity index (χ2n) is 2.76. The summed E-state index contributed by atoms with van der Waals surface area (Å²) >= 11 is 0. The zero-order valence-electron chi connectivity index (χ0n) is 7.86. The van der Waals surface area contributed by atoms with Crippen LogP contribution in [0.5, 0.6) is 0 Å². The number of nitro benzene ring substituents is 1. The molecule has 0 saturated heterocycles. The van der Waals surface area contributed by atoms with Crippen LogP contribution in [-0.2, 0) is 6.61 Å². The van der Waals surface area contributed by atoms with Gasteiger partial charge >= 0.3 is 0 Å². The molecule has 0 amide bonds. The van der Waals surface area contributed by atoms with Gasteiger partial charge in [-0.15, -0.1) is 0 Å². The summed E-state index contributed by atoms with van der Waals surface area (Å²) in [6.07, 6.45) is 0. The molecule has 0 aliphatic heterocycles. The predicted molar refractivity (Wildman–Crippen MR) is 53.2 cm³/mol. The van der Waals surface area contributed by atoms with E-state index in [1.54, 1.807) is 12.1 Å². The van der Waals surface area contributed by atoms with Crippen LogP contribution in [0.15, 0.2) is 18.2 Å². The number of hydrogen-bond acceptors (Lipinski definition) is 4. The minimum Gasteiger partial charge on any atom is -0.392 e. The number of aliphatic hydroxyl groups is 1. The highest BCUT2D eigenvalue weighted by Gasteiger charge is 2.15. The molecule has 1 aromatic carbocycles. The molecule has 0 atom stereocenters. The Bertz CT molecular complexity index is 339. The number of aliphatic hydroxyl groups excluding tert-OH is 1. The van der Waals surface area contributed by atoms with Gasteiger partial charge in [0.25, 0.3) is 5.69 Å². The van der Waals surface area contributed by atoms with Crippen molar-refractivity contribution in [2.24, 2.45) is 0 Å². The number of para-hydroxylation sites is 1. The van der Waals surface area contributed by atoms with Gasteiger partial charge in [-0.05, 0) is 6.92 Å². The van der Waals surface area contributed by atoms with Gasteiger partial charge in [0.2, 0.25) is 0 Å². The average molecular weight is 196 g/mol. The molecule has 0 bridgehead atoms. The van der Waals surface area contributed by atoms with Gasteiger partial charge in [0.15, 0.2) is 0 Å². The summed E-state index contributed by atoms with van der Waals surface area (Å²) in [5.41, 5.74) is 0.946. The van der Waals surface area contributed by atoms with Crippen LogP contribution in [0.25, 0.3) is 0 Å². The largest absolute Gasteiger partial charge is 0.392 e. The molecule has 14 heavy (non-hydrogen) atoms. The number of benzene rings is 1. The maximum Gasteiger partial charge on any atom is 0.292 e. The Kier molecular flexibility index (Phi) is 3.41. The molecule has 0 heterocycles. The van der Waals surface area contributed by atoms with Crippen molar-refractivity contribution < 1.29 is 10.0 Å². The lowest BCUT2D eigenvalue weighted by Gasteiger charge is -2.08. The van der Waals surface area contributed by atoms with Gasteiger partial charge < -0.3 is 10.4 Å². The molecule has 0 aliphatic rings. The summed E-state index contributed by atoms with van der Waals surface area (Å²) in [4.78, 5) is 10.2. The second-order valence-corrected chi connectivity index (χ2v) is 2.76. The van der Waals surface area contributed by atoms with Crippen LogP contribution < -0.4 is 5.32 Å². The summed E-state index contributed by atoms with van der Waals surface area (Å²) < 4.78 is 0. The highest BCUT2D eigenvalue weighted by atomic mass is 16.6. The van der Waals surface area contributed by atoms with E-state index in [9.17, 15) is 10.1 Å². The molecule has 0 spiro atoms. The van der Waals surface area contributed by atoms with Crippen LogP contribution >= 0.6 is 0 Å². The zero-order chi connectivity index (χ0) is 10.6. The van der Waals surface area contributed by atoms with Crippen molar-refractivity contribution in [1.82, 2.24) is 0 Å². The van der Waals surface area contributed by atoms with Gasteiger partial charge in [-0.1, -0.05) is 12.1 Å². The minimum atomic E-state index is -0.461. The highest BCUT2D eigenvalue weighted by Crippen LogP contribution is 2.27. The summed E-state index contributed by atoms with van der Waals surface area (Å²) in [6, 6.07) is 4.63. The van der Waals surface area contributed by atoms with E-state index < -0.39 is 4.92 Å². The smallest absolute Gasteiger partial charge is 0.292 e. The lowest BCUT2D eigenvalue weighted by Crippen LogP contribution is -2.04. The molecule has 0 aliphatic carbocycles. The van der Waals surface area contributed by atoms with E-state index in [2.05, 4.69) is 5.32 Å². The number of anilines is 1. The Labute approximate surface area is 81.5 Å². The van der Waals surface area contributed by atoms with Crippen molar-refractivity contribution in [3.05, 3.63) is 33.9 Å². The molecule has 0 unspecified atom stereocenters. The average Bonchev–Trinajstić information content (AvgIpc) is 2.18. The van der Waals surface area contributed by atoms with Crippen LogP contribution in [0.2, 0.25) is 0 Å². The topological polar surface area (TPSA) is 75.4 Å². The molecular formula is C9H12N2O3. The minimum absolute atomic E-state index is 0.00148. The quantitative estimate of drug-likeness (QED) is 0.565. The molecule has 1 rings (SSSR count). The van der Waals surface area contributed by atoms with E-state index >= 15 is 0 Å². The number of nitrogens with one attached hydrogen (secondary N) is 1. The fraction of sp³-hybridized carbons (Fsp3) is 0.333. The molecule has 5 nitrogen and oxygen atoms in total. The van der Waals surface area contributed by atoms with Crippen LogP contribution in [0.4, 0.5) is 11.4 Å². The van der Waals surface area contributed by atoms with Crippen molar-refractivity contribution in [2.75, 3.05) is 11.9 Å². The van der Waals surface area contributed by atoms with Crippen molar-refractivity contribution in [3.8, 4) is 0 Å². The first-order valence-corrected chi connectivity index (χ1v) is 4.31. The number of hydrogen-bond donors (Lipinski definition) is 2. The van der Waals surface area contributed by atoms with Gasteiger partial charge in [0, 0.05) is 18.2 Å². The summed E-state index contributed by atoms with van der Waals surface area (Å²) in [5, 5.41) is 22.5. The molecule has 0 radical (unpaired) electrons. The van der Waals surface area contributed by atoms with Crippen LogP contribution in [-0.4, -0.2) is 16.6 Å². The van der Waals surface area contributed by atoms with Crippen molar-refractivity contribution in [3.63, 3.8) is 0 Å². The second kappa shape index (κ2) is 4.57. The van der Waals surface area contributed by atoms with Crippen molar-refractivity contribution in [2.45, 2.75) is 13.5 Å². The first-order chi connectivity index (χ1) is 6.70. The third-order valence-electron chi connectivity index (χ3n) is 1.85. The van der Waals surface area contributed by atoms with Crippen molar-refractivity contribution >= 4 is 11.4 Å². The fourth-order valence-corrected chi connectivity index (χ4v) is 1.25. The molecule has 0 saturated carbocycles. The third-order valence-corrected chi connectivity index (χ3v) is 1.85. The van der Waals surface area contributed by atoms with E-state index in [1.165, 1.54) is 6.07 Å². The Morgan fingerprint density at radius 2 is 2.29 bits per heavy atom. The number of nitro groups is 1. The van der Waals surface area contributed by atoms with E-state index in [0.29, 0.717) is 17.8 Å². The maximum absolute atomic E-state index is 10.6. The maximum atomic E-state index is 10.6. The Morgan fingerprint density at radius 3 is 2.79 bits per heavy atom. The van der Waals surface area contributed by atoms with E-state index in [0.717, 1.165) is 0 Å². The standard InChI is InChI=1S/C9H12N2O3/c1-2-10-9-7(6-12)4-3-5-8(9)11(13)14/h3-5,10,12H,2,6H2,1H3. The fourth-order valence-electron chi connectivity index (χ4n) is 1.25. The number of rotatable bonds is 4. The Morgan fingerprint density at radius 1 is 1.57 bits per heavy atom. The molecule has 0 fully saturated rings. The van der Waals surface area contributed by atoms with E-state index in [1.807, 2.05) is 6.92 Å². The lowest BCUT2D eigenvalue weighted by atomic mass is 10.1. The Balaban J connectivity index is 3.20. The molecule has 5 heteroatoms.